The van der Waals surface area contributed by atoms with Crippen LogP contribution in [-0.2, 0) is 13.0 Å². The molecule has 0 aliphatic carbocycles. The van der Waals surface area contributed by atoms with Gasteiger partial charge >= 0.3 is 5.97 Å². The standard InChI is InChI=1S/C14H11Cl2N3O2/c15-12-6-11(13(16)18-17-12)19-5-4-9-8(7-19)2-1-3-10(9)14(20)21/h1-3,6H,4-5,7H2,(H,20,21). The Labute approximate surface area is 131 Å². The van der Waals surface area contributed by atoms with Gasteiger partial charge in [-0.15, -0.1) is 10.2 Å². The fourth-order valence-electron chi connectivity index (χ4n) is 2.58. The normalized spacial score (nSPS) is 13.9. The molecule has 0 atom stereocenters. The number of carbonyl (C=O) groups is 1. The molecule has 1 N–H and O–H groups in total. The highest BCUT2D eigenvalue weighted by Gasteiger charge is 2.23. The van der Waals surface area contributed by atoms with Crippen LogP contribution < -0.4 is 4.90 Å². The zero-order valence-electron chi connectivity index (χ0n) is 10.9. The van der Waals surface area contributed by atoms with Gasteiger partial charge in [-0.1, -0.05) is 35.3 Å². The minimum atomic E-state index is -0.896. The predicted octanol–water partition coefficient (Wildman–Crippen LogP) is 3.04. The summed E-state index contributed by atoms with van der Waals surface area (Å²) in [6, 6.07) is 6.99. The molecule has 2 heterocycles. The highest BCUT2D eigenvalue weighted by Crippen LogP contribution is 2.31. The van der Waals surface area contributed by atoms with Gasteiger partial charge in [0.25, 0.3) is 0 Å². The van der Waals surface area contributed by atoms with Crippen molar-refractivity contribution >= 4 is 34.9 Å². The summed E-state index contributed by atoms with van der Waals surface area (Å²) in [7, 11) is 0. The van der Waals surface area contributed by atoms with Crippen LogP contribution in [0, 0.1) is 0 Å². The van der Waals surface area contributed by atoms with Crippen LogP contribution >= 0.6 is 23.2 Å². The summed E-state index contributed by atoms with van der Waals surface area (Å²) >= 11 is 11.9. The van der Waals surface area contributed by atoms with Gasteiger partial charge < -0.3 is 10.0 Å². The van der Waals surface area contributed by atoms with E-state index < -0.39 is 5.97 Å². The van der Waals surface area contributed by atoms with Crippen LogP contribution in [0.3, 0.4) is 0 Å². The molecule has 0 radical (unpaired) electrons. The fraction of sp³-hybridized carbons (Fsp3) is 0.214. The molecule has 0 amide bonds. The van der Waals surface area contributed by atoms with Gasteiger partial charge in [-0.3, -0.25) is 0 Å². The number of aromatic nitrogens is 2. The number of rotatable bonds is 2. The molecule has 1 aliphatic heterocycles. The van der Waals surface area contributed by atoms with Gasteiger partial charge in [0.05, 0.1) is 11.3 Å². The van der Waals surface area contributed by atoms with Gasteiger partial charge in [0, 0.05) is 19.2 Å². The average Bonchev–Trinajstić information content (AvgIpc) is 2.48. The Morgan fingerprint density at radius 2 is 2.10 bits per heavy atom. The molecule has 0 saturated heterocycles. The number of hydrogen-bond acceptors (Lipinski definition) is 4. The molecule has 0 saturated carbocycles. The van der Waals surface area contributed by atoms with Crippen molar-refractivity contribution in [1.29, 1.82) is 0 Å². The van der Waals surface area contributed by atoms with E-state index in [0.29, 0.717) is 30.8 Å². The van der Waals surface area contributed by atoms with Gasteiger partial charge in [-0.05, 0) is 23.6 Å². The molecule has 0 unspecified atom stereocenters. The Kier molecular flexibility index (Phi) is 3.69. The number of aromatic carboxylic acids is 1. The third-order valence-corrected chi connectivity index (χ3v) is 3.99. The van der Waals surface area contributed by atoms with E-state index in [1.54, 1.807) is 18.2 Å². The molecule has 7 heteroatoms. The number of carboxylic acid groups (broad SMARTS) is 1. The Morgan fingerprint density at radius 3 is 2.86 bits per heavy atom. The molecule has 1 aromatic carbocycles. The number of fused-ring (bicyclic) bond motifs is 1. The van der Waals surface area contributed by atoms with Crippen LogP contribution in [0.15, 0.2) is 24.3 Å². The first-order valence-corrected chi connectivity index (χ1v) is 7.09. The number of anilines is 1. The number of halogens is 2. The van der Waals surface area contributed by atoms with E-state index in [0.717, 1.165) is 11.1 Å². The summed E-state index contributed by atoms with van der Waals surface area (Å²) in [5, 5.41) is 17.3. The highest BCUT2D eigenvalue weighted by molar-refractivity contribution is 6.33. The molecular weight excluding hydrogens is 313 g/mol. The van der Waals surface area contributed by atoms with Gasteiger partial charge in [0.15, 0.2) is 10.3 Å². The van der Waals surface area contributed by atoms with Crippen molar-refractivity contribution in [3.63, 3.8) is 0 Å². The second-order valence-corrected chi connectivity index (χ2v) is 5.51. The highest BCUT2D eigenvalue weighted by atomic mass is 35.5. The lowest BCUT2D eigenvalue weighted by atomic mass is 9.94. The van der Waals surface area contributed by atoms with Crippen LogP contribution in [-0.4, -0.2) is 27.8 Å². The predicted molar refractivity (Wildman–Crippen MR) is 80.2 cm³/mol. The molecule has 0 spiro atoms. The van der Waals surface area contributed by atoms with Crippen LogP contribution in [0.25, 0.3) is 0 Å². The third kappa shape index (κ3) is 2.66. The summed E-state index contributed by atoms with van der Waals surface area (Å²) in [5.41, 5.74) is 2.93. The summed E-state index contributed by atoms with van der Waals surface area (Å²) in [6.07, 6.45) is 0.633. The van der Waals surface area contributed by atoms with E-state index in [2.05, 4.69) is 10.2 Å². The average molecular weight is 324 g/mol. The van der Waals surface area contributed by atoms with E-state index in [9.17, 15) is 9.90 Å². The molecule has 1 aromatic heterocycles. The summed E-state index contributed by atoms with van der Waals surface area (Å²) in [5.74, 6) is -0.896. The maximum absolute atomic E-state index is 11.3. The van der Waals surface area contributed by atoms with E-state index in [4.69, 9.17) is 23.2 Å². The van der Waals surface area contributed by atoms with Crippen molar-refractivity contribution < 1.29 is 9.90 Å². The van der Waals surface area contributed by atoms with Gasteiger partial charge in [0.2, 0.25) is 0 Å². The van der Waals surface area contributed by atoms with E-state index in [-0.39, 0.29) is 10.3 Å². The topological polar surface area (TPSA) is 66.3 Å². The van der Waals surface area contributed by atoms with Crippen LogP contribution in [0.5, 0.6) is 0 Å². The number of benzene rings is 1. The molecular formula is C14H11Cl2N3O2. The Hall–Kier alpha value is -1.85. The maximum Gasteiger partial charge on any atom is 0.335 e. The molecule has 108 valence electrons. The lowest BCUT2D eigenvalue weighted by Gasteiger charge is -2.31. The molecule has 3 rings (SSSR count). The first kappa shape index (κ1) is 14.1. The minimum absolute atomic E-state index is 0.277. The smallest absolute Gasteiger partial charge is 0.335 e. The van der Waals surface area contributed by atoms with Gasteiger partial charge in [0.1, 0.15) is 0 Å². The monoisotopic (exact) mass is 323 g/mol. The van der Waals surface area contributed by atoms with E-state index >= 15 is 0 Å². The first-order chi connectivity index (χ1) is 10.1. The van der Waals surface area contributed by atoms with Crippen molar-refractivity contribution in [3.8, 4) is 0 Å². The fourth-order valence-corrected chi connectivity index (χ4v) is 2.93. The lowest BCUT2D eigenvalue weighted by molar-refractivity contribution is 0.0695. The van der Waals surface area contributed by atoms with Crippen LogP contribution in [0.4, 0.5) is 5.69 Å². The van der Waals surface area contributed by atoms with Crippen molar-refractivity contribution in [1.82, 2.24) is 10.2 Å². The molecule has 2 aromatic rings. The third-order valence-electron chi connectivity index (χ3n) is 3.54. The second-order valence-electron chi connectivity index (χ2n) is 4.76. The molecule has 5 nitrogen and oxygen atoms in total. The quantitative estimate of drug-likeness (QED) is 0.920. The lowest BCUT2D eigenvalue weighted by Crippen LogP contribution is -2.31. The van der Waals surface area contributed by atoms with Gasteiger partial charge in [-0.2, -0.15) is 0 Å². The number of carboxylic acids is 1. The van der Waals surface area contributed by atoms with E-state index in [1.807, 2.05) is 11.0 Å². The minimum Gasteiger partial charge on any atom is -0.478 e. The van der Waals surface area contributed by atoms with Crippen molar-refractivity contribution in [2.75, 3.05) is 11.4 Å². The SMILES string of the molecule is O=C(O)c1cccc2c1CCN(c1cc(Cl)nnc1Cl)C2. The molecule has 21 heavy (non-hydrogen) atoms. The summed E-state index contributed by atoms with van der Waals surface area (Å²) in [6.45, 7) is 1.22. The van der Waals surface area contributed by atoms with Crippen molar-refractivity contribution in [2.24, 2.45) is 0 Å². The largest absolute Gasteiger partial charge is 0.478 e. The Morgan fingerprint density at radius 1 is 1.29 bits per heavy atom. The van der Waals surface area contributed by atoms with Crippen molar-refractivity contribution in [3.05, 3.63) is 51.3 Å². The van der Waals surface area contributed by atoms with Gasteiger partial charge in [-0.25, -0.2) is 4.79 Å². The molecule has 1 aliphatic rings. The molecule has 0 bridgehead atoms. The number of nitrogens with zero attached hydrogens (tertiary/aromatic N) is 3. The first-order valence-electron chi connectivity index (χ1n) is 6.34. The van der Waals surface area contributed by atoms with Crippen LogP contribution in [0.1, 0.15) is 21.5 Å². The van der Waals surface area contributed by atoms with E-state index in [1.165, 1.54) is 0 Å². The molecule has 0 fully saturated rings. The summed E-state index contributed by atoms with van der Waals surface area (Å²) in [4.78, 5) is 13.3. The Bertz CT molecular complexity index is 721. The summed E-state index contributed by atoms with van der Waals surface area (Å²) < 4.78 is 0. The number of hydrogen-bond donors (Lipinski definition) is 1. The Balaban J connectivity index is 1.97. The van der Waals surface area contributed by atoms with Crippen LogP contribution in [0.2, 0.25) is 10.3 Å². The zero-order chi connectivity index (χ0) is 15.0. The maximum atomic E-state index is 11.3. The second kappa shape index (κ2) is 5.50. The van der Waals surface area contributed by atoms with Crippen molar-refractivity contribution in [2.45, 2.75) is 13.0 Å². The zero-order valence-corrected chi connectivity index (χ0v) is 12.4.